The molecule has 0 bridgehead atoms. The van der Waals surface area contributed by atoms with Gasteiger partial charge in [-0.2, -0.15) is 24.9 Å². The highest BCUT2D eigenvalue weighted by Crippen LogP contribution is 2.29. The van der Waals surface area contributed by atoms with Crippen LogP contribution in [-0.4, -0.2) is 52.8 Å². The van der Waals surface area contributed by atoms with Crippen molar-refractivity contribution in [3.63, 3.8) is 0 Å². The minimum atomic E-state index is -4.67. The molecule has 16 heavy (non-hydrogen) atoms. The molecule has 0 aromatic carbocycles. The molecular weight excluding hydrogens is 243 g/mol. The number of hydrogen-bond acceptors (Lipinski definition) is 3. The molecule has 0 amide bonds. The molecule has 0 radical (unpaired) electrons. The van der Waals surface area contributed by atoms with Crippen LogP contribution >= 0.6 is 11.8 Å². The topological polar surface area (TPSA) is 40.5 Å². The smallest absolute Gasteiger partial charge is 0.403 e. The zero-order valence-electron chi connectivity index (χ0n) is 8.83. The first-order valence-corrected chi connectivity index (χ1v) is 6.09. The summed E-state index contributed by atoms with van der Waals surface area (Å²) in [5.41, 5.74) is 0. The molecule has 7 heteroatoms. The highest BCUT2D eigenvalue weighted by atomic mass is 32.2. The van der Waals surface area contributed by atoms with Crippen LogP contribution in [0.15, 0.2) is 0 Å². The van der Waals surface area contributed by atoms with Gasteiger partial charge in [0, 0.05) is 30.6 Å². The van der Waals surface area contributed by atoms with Gasteiger partial charge in [-0.1, -0.05) is 0 Å². The first-order chi connectivity index (χ1) is 7.32. The molecule has 1 fully saturated rings. The maximum absolute atomic E-state index is 12.4. The average molecular weight is 257 g/mol. The number of thioether (sulfide) groups is 1. The molecule has 1 aliphatic heterocycles. The number of nitrogens with zero attached hydrogens (tertiary/aromatic N) is 1. The molecule has 94 valence electrons. The SMILES string of the molecule is CC1CSCCN1CC(C(=O)O)C(F)(F)F. The summed E-state index contributed by atoms with van der Waals surface area (Å²) in [4.78, 5) is 12.2. The van der Waals surface area contributed by atoms with Crippen LogP contribution in [0.4, 0.5) is 13.2 Å². The molecule has 0 spiro atoms. The second kappa shape index (κ2) is 5.27. The van der Waals surface area contributed by atoms with Crippen LogP contribution in [0.2, 0.25) is 0 Å². The van der Waals surface area contributed by atoms with E-state index in [4.69, 9.17) is 5.11 Å². The summed E-state index contributed by atoms with van der Waals surface area (Å²) in [7, 11) is 0. The molecule has 1 aliphatic rings. The number of halogens is 3. The molecular formula is C9H14F3NO2S. The molecule has 0 saturated carbocycles. The Morgan fingerprint density at radius 1 is 1.62 bits per heavy atom. The lowest BCUT2D eigenvalue weighted by atomic mass is 10.1. The minimum Gasteiger partial charge on any atom is -0.481 e. The Labute approximate surface area is 96.0 Å². The number of aliphatic carboxylic acids is 1. The molecule has 2 unspecified atom stereocenters. The Bertz CT molecular complexity index is 260. The summed E-state index contributed by atoms with van der Waals surface area (Å²) in [6.07, 6.45) is -4.67. The minimum absolute atomic E-state index is 0.00273. The fourth-order valence-corrected chi connectivity index (χ4v) is 2.67. The van der Waals surface area contributed by atoms with E-state index in [1.165, 1.54) is 0 Å². The maximum Gasteiger partial charge on any atom is 0.403 e. The largest absolute Gasteiger partial charge is 0.481 e. The van der Waals surface area contributed by atoms with Crippen LogP contribution in [0.3, 0.4) is 0 Å². The molecule has 1 saturated heterocycles. The summed E-state index contributed by atoms with van der Waals surface area (Å²) in [5.74, 6) is -2.56. The van der Waals surface area contributed by atoms with Crippen LogP contribution in [0.5, 0.6) is 0 Å². The first-order valence-electron chi connectivity index (χ1n) is 4.93. The lowest BCUT2D eigenvalue weighted by molar-refractivity contribution is -0.197. The van der Waals surface area contributed by atoms with Crippen molar-refractivity contribution < 1.29 is 23.1 Å². The summed E-state index contributed by atoms with van der Waals surface area (Å²) in [5, 5.41) is 8.57. The van der Waals surface area contributed by atoms with E-state index in [1.54, 1.807) is 16.7 Å². The predicted molar refractivity (Wildman–Crippen MR) is 55.5 cm³/mol. The fourth-order valence-electron chi connectivity index (χ4n) is 1.59. The number of rotatable bonds is 3. The number of carboxylic acid groups (broad SMARTS) is 1. The zero-order chi connectivity index (χ0) is 12.3. The molecule has 0 aromatic heterocycles. The van der Waals surface area contributed by atoms with Crippen molar-refractivity contribution in [1.82, 2.24) is 4.90 Å². The van der Waals surface area contributed by atoms with Gasteiger partial charge in [0.25, 0.3) is 0 Å². The quantitative estimate of drug-likeness (QED) is 0.835. The second-order valence-corrected chi connectivity index (χ2v) is 5.00. The van der Waals surface area contributed by atoms with Gasteiger partial charge >= 0.3 is 12.1 Å². The molecule has 0 aromatic rings. The van der Waals surface area contributed by atoms with Crippen molar-refractivity contribution >= 4 is 17.7 Å². The van der Waals surface area contributed by atoms with Crippen molar-refractivity contribution in [2.45, 2.75) is 19.1 Å². The summed E-state index contributed by atoms with van der Waals surface area (Å²) in [6.45, 7) is 1.90. The monoisotopic (exact) mass is 257 g/mol. The van der Waals surface area contributed by atoms with Crippen LogP contribution in [0.25, 0.3) is 0 Å². The van der Waals surface area contributed by atoms with Crippen molar-refractivity contribution in [1.29, 1.82) is 0 Å². The number of alkyl halides is 3. The number of carboxylic acids is 1. The van der Waals surface area contributed by atoms with Gasteiger partial charge in [-0.15, -0.1) is 0 Å². The zero-order valence-corrected chi connectivity index (χ0v) is 9.64. The molecule has 1 N–H and O–H groups in total. The van der Waals surface area contributed by atoms with Crippen LogP contribution < -0.4 is 0 Å². The van der Waals surface area contributed by atoms with Crippen LogP contribution in [0, 0.1) is 5.92 Å². The third-order valence-corrected chi connectivity index (χ3v) is 3.80. The van der Waals surface area contributed by atoms with E-state index in [1.807, 2.05) is 6.92 Å². The van der Waals surface area contributed by atoms with Gasteiger partial charge in [0.05, 0.1) is 0 Å². The fraction of sp³-hybridized carbons (Fsp3) is 0.889. The number of carbonyl (C=O) groups is 1. The molecule has 1 heterocycles. The van der Waals surface area contributed by atoms with Crippen molar-refractivity contribution in [2.75, 3.05) is 24.6 Å². The molecule has 0 aliphatic carbocycles. The van der Waals surface area contributed by atoms with Crippen LogP contribution in [-0.2, 0) is 4.79 Å². The molecule has 3 nitrogen and oxygen atoms in total. The Morgan fingerprint density at radius 2 is 2.25 bits per heavy atom. The predicted octanol–water partition coefficient (Wildman–Crippen LogP) is 1.69. The summed E-state index contributed by atoms with van der Waals surface area (Å²) in [6, 6.07) is 0.00273. The van der Waals surface area contributed by atoms with Gasteiger partial charge in [-0.3, -0.25) is 9.69 Å². The normalized spacial score (nSPS) is 25.4. The van der Waals surface area contributed by atoms with E-state index < -0.39 is 24.6 Å². The van der Waals surface area contributed by atoms with E-state index >= 15 is 0 Å². The van der Waals surface area contributed by atoms with Crippen molar-refractivity contribution in [3.8, 4) is 0 Å². The summed E-state index contributed by atoms with van der Waals surface area (Å²) >= 11 is 1.68. The Hall–Kier alpha value is -0.430. The Kier molecular flexibility index (Phi) is 4.49. The van der Waals surface area contributed by atoms with E-state index in [0.29, 0.717) is 6.54 Å². The highest BCUT2D eigenvalue weighted by Gasteiger charge is 2.46. The standard InChI is InChI=1S/C9H14F3NO2S/c1-6-5-16-3-2-13(6)4-7(8(14)15)9(10,11)12/h6-7H,2-5H2,1H3,(H,14,15). The highest BCUT2D eigenvalue weighted by molar-refractivity contribution is 7.99. The molecule has 2 atom stereocenters. The van der Waals surface area contributed by atoms with Gasteiger partial charge in [0.1, 0.15) is 0 Å². The average Bonchev–Trinajstić information content (AvgIpc) is 2.14. The van der Waals surface area contributed by atoms with Crippen molar-refractivity contribution in [2.24, 2.45) is 5.92 Å². The number of hydrogen-bond donors (Lipinski definition) is 1. The maximum atomic E-state index is 12.4. The van der Waals surface area contributed by atoms with Gasteiger partial charge in [0.15, 0.2) is 5.92 Å². The van der Waals surface area contributed by atoms with Gasteiger partial charge < -0.3 is 5.11 Å². The van der Waals surface area contributed by atoms with E-state index in [-0.39, 0.29) is 6.04 Å². The lowest BCUT2D eigenvalue weighted by Crippen LogP contribution is -2.48. The van der Waals surface area contributed by atoms with Gasteiger partial charge in [-0.25, -0.2) is 0 Å². The van der Waals surface area contributed by atoms with Crippen molar-refractivity contribution in [3.05, 3.63) is 0 Å². The van der Waals surface area contributed by atoms with E-state index in [9.17, 15) is 18.0 Å². The van der Waals surface area contributed by atoms with Gasteiger partial charge in [0.2, 0.25) is 0 Å². The van der Waals surface area contributed by atoms with E-state index in [2.05, 4.69) is 0 Å². The first kappa shape index (κ1) is 13.6. The Morgan fingerprint density at radius 3 is 2.69 bits per heavy atom. The third kappa shape index (κ3) is 3.55. The Balaban J connectivity index is 2.64. The summed E-state index contributed by atoms with van der Waals surface area (Å²) < 4.78 is 37.3. The van der Waals surface area contributed by atoms with Gasteiger partial charge in [-0.05, 0) is 6.92 Å². The van der Waals surface area contributed by atoms with Crippen LogP contribution in [0.1, 0.15) is 6.92 Å². The second-order valence-electron chi connectivity index (χ2n) is 3.85. The lowest BCUT2D eigenvalue weighted by Gasteiger charge is -2.34. The van der Waals surface area contributed by atoms with E-state index in [0.717, 1.165) is 11.5 Å². The third-order valence-electron chi connectivity index (χ3n) is 2.62. The molecule has 1 rings (SSSR count).